The standard InChI is InChI=1S/C16H26N2/c1-3-17-16-11-7-8-14(16)12-13-18(2)15-9-5-4-6-10-15/h4-6,9-10,14,16-17H,3,7-8,11-13H2,1-2H3. The molecule has 2 nitrogen and oxygen atoms in total. The summed E-state index contributed by atoms with van der Waals surface area (Å²) in [6.45, 7) is 4.48. The summed E-state index contributed by atoms with van der Waals surface area (Å²) in [4.78, 5) is 2.38. The van der Waals surface area contributed by atoms with E-state index in [1.807, 2.05) is 0 Å². The Labute approximate surface area is 111 Å². The van der Waals surface area contributed by atoms with Gasteiger partial charge in [-0.1, -0.05) is 31.5 Å². The normalized spacial score (nSPS) is 23.2. The smallest absolute Gasteiger partial charge is 0.0363 e. The number of hydrogen-bond acceptors (Lipinski definition) is 2. The Bertz CT molecular complexity index is 336. The minimum atomic E-state index is 0.763. The number of hydrogen-bond donors (Lipinski definition) is 1. The van der Waals surface area contributed by atoms with Crippen molar-refractivity contribution in [2.45, 2.75) is 38.6 Å². The van der Waals surface area contributed by atoms with Gasteiger partial charge in [-0.15, -0.1) is 0 Å². The summed E-state index contributed by atoms with van der Waals surface area (Å²) in [6, 6.07) is 11.5. The maximum absolute atomic E-state index is 3.64. The van der Waals surface area contributed by atoms with Gasteiger partial charge in [-0.25, -0.2) is 0 Å². The Morgan fingerprint density at radius 2 is 2.00 bits per heavy atom. The second-order valence-corrected chi connectivity index (χ2v) is 5.40. The van der Waals surface area contributed by atoms with Crippen molar-refractivity contribution in [1.29, 1.82) is 0 Å². The predicted molar refractivity (Wildman–Crippen MR) is 79.1 cm³/mol. The van der Waals surface area contributed by atoms with Gasteiger partial charge < -0.3 is 10.2 Å². The van der Waals surface area contributed by atoms with Crippen LogP contribution in [0.2, 0.25) is 0 Å². The highest BCUT2D eigenvalue weighted by molar-refractivity contribution is 5.44. The monoisotopic (exact) mass is 246 g/mol. The van der Waals surface area contributed by atoms with Gasteiger partial charge in [0.25, 0.3) is 0 Å². The first-order valence-corrected chi connectivity index (χ1v) is 7.31. The fraction of sp³-hybridized carbons (Fsp3) is 0.625. The maximum Gasteiger partial charge on any atom is 0.0363 e. The van der Waals surface area contributed by atoms with Crippen LogP contribution >= 0.6 is 0 Å². The molecule has 1 aromatic rings. The van der Waals surface area contributed by atoms with Gasteiger partial charge in [0.15, 0.2) is 0 Å². The first kappa shape index (κ1) is 13.4. The van der Waals surface area contributed by atoms with E-state index in [4.69, 9.17) is 0 Å². The lowest BCUT2D eigenvalue weighted by Crippen LogP contribution is -2.34. The number of para-hydroxylation sites is 1. The number of rotatable bonds is 6. The highest BCUT2D eigenvalue weighted by atomic mass is 15.1. The minimum Gasteiger partial charge on any atom is -0.375 e. The van der Waals surface area contributed by atoms with Gasteiger partial charge in [0.1, 0.15) is 0 Å². The highest BCUT2D eigenvalue weighted by Crippen LogP contribution is 2.28. The molecular weight excluding hydrogens is 220 g/mol. The molecule has 1 aliphatic carbocycles. The van der Waals surface area contributed by atoms with Gasteiger partial charge in [-0.3, -0.25) is 0 Å². The topological polar surface area (TPSA) is 15.3 Å². The van der Waals surface area contributed by atoms with Crippen LogP contribution in [0.25, 0.3) is 0 Å². The molecule has 0 radical (unpaired) electrons. The first-order chi connectivity index (χ1) is 8.81. The third-order valence-electron chi connectivity index (χ3n) is 4.16. The Kier molecular flexibility index (Phi) is 5.06. The number of nitrogens with one attached hydrogen (secondary N) is 1. The van der Waals surface area contributed by atoms with E-state index in [-0.39, 0.29) is 0 Å². The van der Waals surface area contributed by atoms with Crippen LogP contribution in [0.1, 0.15) is 32.6 Å². The second kappa shape index (κ2) is 6.79. The molecule has 1 aliphatic rings. The molecule has 0 spiro atoms. The van der Waals surface area contributed by atoms with Crippen LogP contribution < -0.4 is 10.2 Å². The van der Waals surface area contributed by atoms with Gasteiger partial charge in [0, 0.05) is 25.3 Å². The lowest BCUT2D eigenvalue weighted by molar-refractivity contribution is 0.388. The SMILES string of the molecule is CCNC1CCCC1CCN(C)c1ccccc1. The predicted octanol–water partition coefficient (Wildman–Crippen LogP) is 3.29. The molecule has 2 atom stereocenters. The quantitative estimate of drug-likeness (QED) is 0.828. The third kappa shape index (κ3) is 3.49. The number of benzene rings is 1. The van der Waals surface area contributed by atoms with Crippen LogP contribution in [-0.4, -0.2) is 26.2 Å². The van der Waals surface area contributed by atoms with Crippen molar-refractivity contribution >= 4 is 5.69 Å². The van der Waals surface area contributed by atoms with Gasteiger partial charge in [-0.05, 0) is 43.9 Å². The molecule has 1 fully saturated rings. The van der Waals surface area contributed by atoms with E-state index in [0.717, 1.165) is 25.0 Å². The molecule has 0 saturated heterocycles. The summed E-state index contributed by atoms with van der Waals surface area (Å²) in [5, 5.41) is 3.64. The average Bonchev–Trinajstić information content (AvgIpc) is 2.85. The van der Waals surface area contributed by atoms with Crippen molar-refractivity contribution in [3.63, 3.8) is 0 Å². The molecule has 0 aromatic heterocycles. The number of anilines is 1. The fourth-order valence-corrected chi connectivity index (χ4v) is 3.08. The van der Waals surface area contributed by atoms with E-state index < -0.39 is 0 Å². The van der Waals surface area contributed by atoms with Crippen molar-refractivity contribution in [1.82, 2.24) is 5.32 Å². The molecule has 2 heteroatoms. The Morgan fingerprint density at radius 3 is 2.72 bits per heavy atom. The minimum absolute atomic E-state index is 0.763. The molecule has 2 unspecified atom stereocenters. The molecule has 1 saturated carbocycles. The van der Waals surface area contributed by atoms with Gasteiger partial charge >= 0.3 is 0 Å². The molecule has 2 rings (SSSR count). The van der Waals surface area contributed by atoms with Crippen LogP contribution in [0, 0.1) is 5.92 Å². The van der Waals surface area contributed by atoms with Crippen LogP contribution in [-0.2, 0) is 0 Å². The summed E-state index contributed by atoms with van der Waals surface area (Å²) in [7, 11) is 2.20. The highest BCUT2D eigenvalue weighted by Gasteiger charge is 2.26. The summed E-state index contributed by atoms with van der Waals surface area (Å²) in [6.07, 6.45) is 5.48. The molecular formula is C16H26N2. The second-order valence-electron chi connectivity index (χ2n) is 5.40. The number of nitrogens with zero attached hydrogens (tertiary/aromatic N) is 1. The van der Waals surface area contributed by atoms with Crippen molar-refractivity contribution in [3.8, 4) is 0 Å². The Balaban J connectivity index is 1.80. The van der Waals surface area contributed by atoms with Crippen LogP contribution in [0.4, 0.5) is 5.69 Å². The summed E-state index contributed by atoms with van der Waals surface area (Å²) >= 11 is 0. The van der Waals surface area contributed by atoms with E-state index in [1.54, 1.807) is 0 Å². The van der Waals surface area contributed by atoms with Crippen molar-refractivity contribution in [2.75, 3.05) is 25.0 Å². The zero-order valence-corrected chi connectivity index (χ0v) is 11.7. The first-order valence-electron chi connectivity index (χ1n) is 7.31. The van der Waals surface area contributed by atoms with E-state index in [2.05, 4.69) is 54.5 Å². The average molecular weight is 246 g/mol. The van der Waals surface area contributed by atoms with Gasteiger partial charge in [0.05, 0.1) is 0 Å². The van der Waals surface area contributed by atoms with E-state index in [1.165, 1.54) is 31.4 Å². The molecule has 1 N–H and O–H groups in total. The van der Waals surface area contributed by atoms with Crippen LogP contribution in [0.15, 0.2) is 30.3 Å². The zero-order chi connectivity index (χ0) is 12.8. The molecule has 0 heterocycles. The molecule has 0 bridgehead atoms. The van der Waals surface area contributed by atoms with Crippen molar-refractivity contribution in [3.05, 3.63) is 30.3 Å². The molecule has 1 aromatic carbocycles. The van der Waals surface area contributed by atoms with E-state index in [0.29, 0.717) is 0 Å². The Morgan fingerprint density at radius 1 is 1.22 bits per heavy atom. The zero-order valence-electron chi connectivity index (χ0n) is 11.7. The summed E-state index contributed by atoms with van der Waals surface area (Å²) in [5.74, 6) is 0.871. The summed E-state index contributed by atoms with van der Waals surface area (Å²) < 4.78 is 0. The van der Waals surface area contributed by atoms with Crippen molar-refractivity contribution < 1.29 is 0 Å². The van der Waals surface area contributed by atoms with E-state index >= 15 is 0 Å². The fourth-order valence-electron chi connectivity index (χ4n) is 3.08. The molecule has 0 amide bonds. The molecule has 0 aliphatic heterocycles. The van der Waals surface area contributed by atoms with Crippen molar-refractivity contribution in [2.24, 2.45) is 5.92 Å². The van der Waals surface area contributed by atoms with Gasteiger partial charge in [0.2, 0.25) is 0 Å². The lowest BCUT2D eigenvalue weighted by atomic mass is 9.99. The lowest BCUT2D eigenvalue weighted by Gasteiger charge is -2.25. The van der Waals surface area contributed by atoms with Crippen LogP contribution in [0.5, 0.6) is 0 Å². The summed E-state index contributed by atoms with van der Waals surface area (Å²) in [5.41, 5.74) is 1.33. The molecule has 18 heavy (non-hydrogen) atoms. The maximum atomic E-state index is 3.64. The van der Waals surface area contributed by atoms with Crippen LogP contribution in [0.3, 0.4) is 0 Å². The third-order valence-corrected chi connectivity index (χ3v) is 4.16. The largest absolute Gasteiger partial charge is 0.375 e. The van der Waals surface area contributed by atoms with Gasteiger partial charge in [-0.2, -0.15) is 0 Å². The molecule has 100 valence electrons. The van der Waals surface area contributed by atoms with E-state index in [9.17, 15) is 0 Å². The Hall–Kier alpha value is -1.02.